The number of hydrogen-bond donors (Lipinski definition) is 2. The second-order valence-corrected chi connectivity index (χ2v) is 8.99. The van der Waals surface area contributed by atoms with Crippen LogP contribution in [0.5, 0.6) is 0 Å². The van der Waals surface area contributed by atoms with Crippen molar-refractivity contribution in [2.75, 3.05) is 16.4 Å². The molecule has 0 aliphatic rings. The van der Waals surface area contributed by atoms with Crippen LogP contribution in [0.15, 0.2) is 59.2 Å². The first kappa shape index (κ1) is 22.7. The Labute approximate surface area is 183 Å². The van der Waals surface area contributed by atoms with Gasteiger partial charge >= 0.3 is 0 Å². The predicted molar refractivity (Wildman–Crippen MR) is 115 cm³/mol. The molecule has 0 fully saturated rings. The second kappa shape index (κ2) is 9.45. The fraction of sp³-hybridized carbons (Fsp3) is 0.136. The van der Waals surface area contributed by atoms with Crippen molar-refractivity contribution < 1.29 is 26.8 Å². The van der Waals surface area contributed by atoms with Crippen molar-refractivity contribution in [3.8, 4) is 6.07 Å². The van der Waals surface area contributed by atoms with E-state index in [1.54, 1.807) is 6.92 Å². The minimum Gasteiger partial charge on any atom is -0.469 e. The first-order valence-corrected chi connectivity index (χ1v) is 11.1. The van der Waals surface area contributed by atoms with Gasteiger partial charge in [-0.3, -0.25) is 9.59 Å². The summed E-state index contributed by atoms with van der Waals surface area (Å²) in [6.45, 7) is 1.58. The van der Waals surface area contributed by atoms with Crippen LogP contribution in [0.2, 0.25) is 0 Å². The van der Waals surface area contributed by atoms with E-state index in [0.29, 0.717) is 16.9 Å². The average molecular weight is 455 g/mol. The molecule has 3 aromatic rings. The summed E-state index contributed by atoms with van der Waals surface area (Å²) in [5.41, 5.74) is 0.995. The molecule has 0 unspecified atom stereocenters. The minimum absolute atomic E-state index is 0.115. The van der Waals surface area contributed by atoms with Gasteiger partial charge in [0.1, 0.15) is 17.3 Å². The van der Waals surface area contributed by atoms with Gasteiger partial charge in [0.15, 0.2) is 9.84 Å². The lowest BCUT2D eigenvalue weighted by Crippen LogP contribution is -2.24. The Hall–Kier alpha value is -3.97. The predicted octanol–water partition coefficient (Wildman–Crippen LogP) is 3.40. The Bertz CT molecular complexity index is 1310. The Morgan fingerprint density at radius 3 is 2.44 bits per heavy atom. The number of anilines is 2. The molecule has 1 heterocycles. The number of benzene rings is 2. The Morgan fingerprint density at radius 1 is 1.09 bits per heavy atom. The van der Waals surface area contributed by atoms with Crippen molar-refractivity contribution >= 4 is 33.0 Å². The molecular weight excluding hydrogens is 437 g/mol. The fourth-order valence-electron chi connectivity index (χ4n) is 2.89. The molecule has 2 amide bonds. The average Bonchev–Trinajstić information content (AvgIpc) is 3.16. The summed E-state index contributed by atoms with van der Waals surface area (Å²) < 4.78 is 43.8. The van der Waals surface area contributed by atoms with Gasteiger partial charge < -0.3 is 15.1 Å². The second-order valence-electron chi connectivity index (χ2n) is 6.93. The molecule has 0 saturated heterocycles. The van der Waals surface area contributed by atoms with Crippen molar-refractivity contribution in [1.29, 1.82) is 5.26 Å². The molecule has 32 heavy (non-hydrogen) atoms. The molecule has 0 spiro atoms. The molecule has 3 rings (SSSR count). The number of nitrogens with zero attached hydrogens (tertiary/aromatic N) is 1. The van der Waals surface area contributed by atoms with Gasteiger partial charge in [-0.2, -0.15) is 5.26 Å². The number of furan rings is 1. The molecule has 164 valence electrons. The summed E-state index contributed by atoms with van der Waals surface area (Å²) in [5, 5.41) is 13.6. The normalized spacial score (nSPS) is 10.9. The van der Waals surface area contributed by atoms with Gasteiger partial charge in [0.25, 0.3) is 5.91 Å². The highest BCUT2D eigenvalue weighted by Gasteiger charge is 2.19. The highest BCUT2D eigenvalue weighted by Crippen LogP contribution is 2.21. The van der Waals surface area contributed by atoms with Gasteiger partial charge in [0.2, 0.25) is 5.91 Å². The van der Waals surface area contributed by atoms with E-state index in [1.807, 2.05) is 6.07 Å². The number of carbonyl (C=O) groups excluding carboxylic acids is 2. The zero-order chi connectivity index (χ0) is 23.3. The van der Waals surface area contributed by atoms with E-state index in [0.717, 1.165) is 6.07 Å². The Morgan fingerprint density at radius 2 is 1.81 bits per heavy atom. The molecular formula is C22H18FN3O5S. The van der Waals surface area contributed by atoms with E-state index in [2.05, 4.69) is 10.6 Å². The lowest BCUT2D eigenvalue weighted by molar-refractivity contribution is -0.113. The molecule has 2 aromatic carbocycles. The highest BCUT2D eigenvalue weighted by molar-refractivity contribution is 7.91. The van der Waals surface area contributed by atoms with Crippen LogP contribution in [0.3, 0.4) is 0 Å². The lowest BCUT2D eigenvalue weighted by atomic mass is 10.2. The number of rotatable bonds is 7. The van der Waals surface area contributed by atoms with E-state index in [-0.39, 0.29) is 22.7 Å². The summed E-state index contributed by atoms with van der Waals surface area (Å²) in [4.78, 5) is 24.5. The van der Waals surface area contributed by atoms with Crippen LogP contribution in [0.1, 0.15) is 27.2 Å². The van der Waals surface area contributed by atoms with Gasteiger partial charge in [-0.1, -0.05) is 12.1 Å². The molecule has 0 aliphatic carbocycles. The molecule has 10 heteroatoms. The molecule has 0 bridgehead atoms. The van der Waals surface area contributed by atoms with Crippen molar-refractivity contribution in [1.82, 2.24) is 0 Å². The first-order chi connectivity index (χ1) is 15.2. The summed E-state index contributed by atoms with van der Waals surface area (Å²) in [7, 11) is -3.79. The minimum atomic E-state index is -3.79. The van der Waals surface area contributed by atoms with Crippen LogP contribution in [0, 0.1) is 24.1 Å². The van der Waals surface area contributed by atoms with Crippen LogP contribution in [0.4, 0.5) is 15.8 Å². The molecule has 0 atom stereocenters. The van der Waals surface area contributed by atoms with Crippen molar-refractivity contribution in [3.63, 3.8) is 0 Å². The quantitative estimate of drug-likeness (QED) is 0.562. The molecule has 2 N–H and O–H groups in total. The van der Waals surface area contributed by atoms with Crippen molar-refractivity contribution in [2.45, 2.75) is 12.7 Å². The van der Waals surface area contributed by atoms with Crippen LogP contribution in [-0.2, 0) is 20.4 Å². The third-order valence-corrected chi connectivity index (χ3v) is 5.90. The van der Waals surface area contributed by atoms with E-state index < -0.39 is 33.2 Å². The molecule has 0 saturated carbocycles. The van der Waals surface area contributed by atoms with E-state index >= 15 is 0 Å². The maximum atomic E-state index is 14.1. The van der Waals surface area contributed by atoms with E-state index in [1.165, 1.54) is 48.7 Å². The van der Waals surface area contributed by atoms with Crippen LogP contribution in [-0.4, -0.2) is 26.0 Å². The number of hydrogen-bond acceptors (Lipinski definition) is 6. The number of sulfone groups is 1. The largest absolute Gasteiger partial charge is 0.469 e. The monoisotopic (exact) mass is 455 g/mol. The van der Waals surface area contributed by atoms with Crippen molar-refractivity contribution in [2.24, 2.45) is 0 Å². The Balaban J connectivity index is 1.65. The summed E-state index contributed by atoms with van der Waals surface area (Å²) in [6.07, 6.45) is 1.33. The van der Waals surface area contributed by atoms with E-state index in [4.69, 9.17) is 9.68 Å². The molecule has 1 aromatic heterocycles. The van der Waals surface area contributed by atoms with Gasteiger partial charge in [-0.15, -0.1) is 0 Å². The lowest BCUT2D eigenvalue weighted by Gasteiger charge is -2.10. The van der Waals surface area contributed by atoms with Gasteiger partial charge in [-0.05, 0) is 48.9 Å². The molecule has 0 radical (unpaired) electrons. The van der Waals surface area contributed by atoms with Gasteiger partial charge in [0.05, 0.1) is 34.9 Å². The van der Waals surface area contributed by atoms with Gasteiger partial charge in [-0.25, -0.2) is 12.8 Å². The third kappa shape index (κ3) is 5.80. The number of nitrogens with one attached hydrogen (secondary N) is 2. The molecule has 8 nitrogen and oxygen atoms in total. The number of carbonyl (C=O) groups is 2. The number of aryl methyl sites for hydroxylation is 1. The van der Waals surface area contributed by atoms with Crippen LogP contribution < -0.4 is 10.6 Å². The van der Waals surface area contributed by atoms with Crippen molar-refractivity contribution in [3.05, 3.63) is 83.1 Å². The summed E-state index contributed by atoms with van der Waals surface area (Å²) in [6, 6.07) is 12.8. The SMILES string of the molecule is Cc1occc1C(=O)Nc1cc(NC(=O)CS(=O)(=O)Cc2ccc(C#N)cc2)ccc1F. The van der Waals surface area contributed by atoms with Gasteiger partial charge in [0, 0.05) is 5.69 Å². The zero-order valence-electron chi connectivity index (χ0n) is 16.9. The summed E-state index contributed by atoms with van der Waals surface area (Å²) in [5.74, 6) is -2.94. The number of nitriles is 1. The van der Waals surface area contributed by atoms with Crippen LogP contribution >= 0.6 is 0 Å². The summed E-state index contributed by atoms with van der Waals surface area (Å²) >= 11 is 0. The number of halogens is 1. The maximum Gasteiger partial charge on any atom is 0.259 e. The smallest absolute Gasteiger partial charge is 0.259 e. The number of amides is 2. The first-order valence-electron chi connectivity index (χ1n) is 9.31. The zero-order valence-corrected chi connectivity index (χ0v) is 17.7. The maximum absolute atomic E-state index is 14.1. The van der Waals surface area contributed by atoms with E-state index in [9.17, 15) is 22.4 Å². The Kier molecular flexibility index (Phi) is 6.70. The van der Waals surface area contributed by atoms with Crippen LogP contribution in [0.25, 0.3) is 0 Å². The standard InChI is InChI=1S/C22H18FN3O5S/c1-14-18(8-9-31-14)22(28)26-20-10-17(6-7-19(20)23)25-21(27)13-32(29,30)12-16-4-2-15(11-24)3-5-16/h2-10H,12-13H2,1H3,(H,25,27)(H,26,28). The molecule has 0 aliphatic heterocycles. The fourth-order valence-corrected chi connectivity index (χ4v) is 4.16. The highest BCUT2D eigenvalue weighted by atomic mass is 32.2. The topological polar surface area (TPSA) is 129 Å². The third-order valence-electron chi connectivity index (χ3n) is 4.42.